The van der Waals surface area contributed by atoms with Crippen molar-refractivity contribution in [3.8, 4) is 0 Å². The largest absolute Gasteiger partial charge is 0.392 e. The Morgan fingerprint density at radius 2 is 2.40 bits per heavy atom. The van der Waals surface area contributed by atoms with Crippen LogP contribution in [0.5, 0.6) is 0 Å². The summed E-state index contributed by atoms with van der Waals surface area (Å²) in [6, 6.07) is 0.254. The van der Waals surface area contributed by atoms with E-state index >= 15 is 0 Å². The molecule has 1 heterocycles. The van der Waals surface area contributed by atoms with E-state index in [1.165, 1.54) is 0 Å². The van der Waals surface area contributed by atoms with Crippen molar-refractivity contribution in [1.82, 2.24) is 10.2 Å². The van der Waals surface area contributed by atoms with Crippen LogP contribution in [0.4, 0.5) is 0 Å². The van der Waals surface area contributed by atoms with Crippen LogP contribution in [0.25, 0.3) is 0 Å². The van der Waals surface area contributed by atoms with Gasteiger partial charge in [-0.1, -0.05) is 0 Å². The first kappa shape index (κ1) is 16.7. The number of aliphatic hydroxyl groups is 1. The van der Waals surface area contributed by atoms with Gasteiger partial charge >= 0.3 is 0 Å². The molecule has 6 nitrogen and oxygen atoms in total. The minimum atomic E-state index is -0.377. The van der Waals surface area contributed by atoms with Crippen LogP contribution in [-0.2, 0) is 4.74 Å². The molecule has 6 heteroatoms. The van der Waals surface area contributed by atoms with Crippen molar-refractivity contribution in [2.24, 2.45) is 4.99 Å². The Morgan fingerprint density at radius 3 is 2.90 bits per heavy atom. The zero-order chi connectivity index (χ0) is 15.0. The molecule has 0 aromatic carbocycles. The summed E-state index contributed by atoms with van der Waals surface area (Å²) in [5.74, 6) is 0.694. The van der Waals surface area contributed by atoms with Crippen LogP contribution in [0.2, 0.25) is 0 Å². The fourth-order valence-electron chi connectivity index (χ4n) is 2.11. The maximum Gasteiger partial charge on any atom is 0.132 e. The average molecular weight is 282 g/mol. The lowest BCUT2D eigenvalue weighted by molar-refractivity contribution is 0.153. The van der Waals surface area contributed by atoms with Crippen LogP contribution >= 0.6 is 0 Å². The van der Waals surface area contributed by atoms with E-state index in [0.717, 1.165) is 31.5 Å². The number of aliphatic hydroxyl groups excluding tert-OH is 1. The van der Waals surface area contributed by atoms with Crippen LogP contribution < -0.4 is 5.32 Å². The smallest absolute Gasteiger partial charge is 0.132 e. The maximum atomic E-state index is 9.47. The predicted molar refractivity (Wildman–Crippen MR) is 81.3 cm³/mol. The third-order valence-corrected chi connectivity index (χ3v) is 3.12. The van der Waals surface area contributed by atoms with Crippen molar-refractivity contribution in [1.29, 1.82) is 5.41 Å². The van der Waals surface area contributed by atoms with E-state index in [2.05, 4.69) is 10.3 Å². The Labute approximate surface area is 121 Å². The highest BCUT2D eigenvalue weighted by Gasteiger charge is 2.17. The molecule has 20 heavy (non-hydrogen) atoms. The standard InChI is InChI=1S/C14H26N4O2/c1-4-18(8-12(3)19)7-11(2)14(16-10-15)17-13-5-6-20-9-13/h7,10,12-13,19H,4-6,8-9H2,1-3H3,(H2,15,16,17)/b11-7+/t12-,13-/m1/s1. The Morgan fingerprint density at radius 1 is 1.65 bits per heavy atom. The normalized spacial score (nSPS) is 21.7. The van der Waals surface area contributed by atoms with Gasteiger partial charge in [0.2, 0.25) is 0 Å². The highest BCUT2D eigenvalue weighted by atomic mass is 16.5. The molecule has 2 atom stereocenters. The molecule has 3 N–H and O–H groups in total. The second-order valence-corrected chi connectivity index (χ2v) is 5.06. The number of aliphatic imine (C=N–C) groups is 1. The molecule has 0 spiro atoms. The van der Waals surface area contributed by atoms with Crippen molar-refractivity contribution < 1.29 is 9.84 Å². The Bertz CT molecular complexity index is 360. The van der Waals surface area contributed by atoms with Crippen molar-refractivity contribution in [3.63, 3.8) is 0 Å². The Hall–Kier alpha value is -1.40. The second-order valence-electron chi connectivity index (χ2n) is 5.06. The molecule has 1 rings (SSSR count). The van der Waals surface area contributed by atoms with E-state index in [1.54, 1.807) is 6.92 Å². The summed E-state index contributed by atoms with van der Waals surface area (Å²) in [7, 11) is 0. The van der Waals surface area contributed by atoms with Gasteiger partial charge in [0.1, 0.15) is 12.2 Å². The van der Waals surface area contributed by atoms with Crippen LogP contribution in [-0.4, -0.2) is 60.6 Å². The molecule has 1 fully saturated rings. The zero-order valence-corrected chi connectivity index (χ0v) is 12.6. The van der Waals surface area contributed by atoms with Gasteiger partial charge in [-0.15, -0.1) is 0 Å². The van der Waals surface area contributed by atoms with E-state index in [1.807, 2.05) is 24.9 Å². The summed E-state index contributed by atoms with van der Waals surface area (Å²) in [4.78, 5) is 6.12. The molecule has 0 unspecified atom stereocenters. The number of ether oxygens (including phenoxy) is 1. The number of hydrogen-bond acceptors (Lipinski definition) is 4. The number of hydrogen-bond donors (Lipinski definition) is 3. The molecule has 0 bridgehead atoms. The molecule has 0 radical (unpaired) electrons. The summed E-state index contributed by atoms with van der Waals surface area (Å²) in [5, 5.41) is 20.0. The summed E-state index contributed by atoms with van der Waals surface area (Å²) < 4.78 is 5.33. The van der Waals surface area contributed by atoms with Gasteiger partial charge in [-0.3, -0.25) is 5.41 Å². The summed E-state index contributed by atoms with van der Waals surface area (Å²) >= 11 is 0. The van der Waals surface area contributed by atoms with Gasteiger partial charge in [0.15, 0.2) is 0 Å². The number of nitrogens with one attached hydrogen (secondary N) is 2. The van der Waals surface area contributed by atoms with Gasteiger partial charge in [0.25, 0.3) is 0 Å². The van der Waals surface area contributed by atoms with Crippen LogP contribution in [0.15, 0.2) is 16.8 Å². The molecule has 1 aliphatic heterocycles. The van der Waals surface area contributed by atoms with Gasteiger partial charge in [-0.05, 0) is 27.2 Å². The summed E-state index contributed by atoms with van der Waals surface area (Å²) in [5.41, 5.74) is 0.947. The lowest BCUT2D eigenvalue weighted by Crippen LogP contribution is -2.36. The number of likely N-dealkylation sites (N-methyl/N-ethyl adjacent to an activating group) is 1. The molecule has 0 saturated carbocycles. The van der Waals surface area contributed by atoms with E-state index in [-0.39, 0.29) is 12.1 Å². The number of nitrogens with zero attached hydrogens (tertiary/aromatic N) is 2. The SMILES string of the molecule is CCN(/C=C(C)/C(=N\C=N)N[C@@H]1CCOC1)C[C@@H](C)O. The summed E-state index contributed by atoms with van der Waals surface area (Å²) in [6.45, 7) is 8.60. The molecule has 0 aromatic rings. The van der Waals surface area contributed by atoms with Gasteiger partial charge in [0, 0.05) is 31.5 Å². The first-order valence-electron chi connectivity index (χ1n) is 7.08. The molecular formula is C14H26N4O2. The van der Waals surface area contributed by atoms with Crippen molar-refractivity contribution in [2.75, 3.05) is 26.3 Å². The van der Waals surface area contributed by atoms with E-state index in [9.17, 15) is 5.11 Å². The molecule has 1 aliphatic rings. The molecular weight excluding hydrogens is 256 g/mol. The number of rotatable bonds is 7. The van der Waals surface area contributed by atoms with Gasteiger partial charge in [-0.2, -0.15) is 0 Å². The van der Waals surface area contributed by atoms with Gasteiger partial charge in [0.05, 0.1) is 18.8 Å². The predicted octanol–water partition coefficient (Wildman–Crippen LogP) is 0.977. The minimum Gasteiger partial charge on any atom is -0.392 e. The van der Waals surface area contributed by atoms with Crippen molar-refractivity contribution >= 4 is 12.2 Å². The third-order valence-electron chi connectivity index (χ3n) is 3.12. The molecule has 1 saturated heterocycles. The second kappa shape index (κ2) is 8.71. The highest BCUT2D eigenvalue weighted by molar-refractivity contribution is 6.01. The molecule has 114 valence electrons. The average Bonchev–Trinajstić information content (AvgIpc) is 2.89. The first-order chi connectivity index (χ1) is 9.56. The van der Waals surface area contributed by atoms with Crippen LogP contribution in [0.1, 0.15) is 27.2 Å². The van der Waals surface area contributed by atoms with E-state index < -0.39 is 0 Å². The third kappa shape index (κ3) is 5.71. The molecule has 0 aliphatic carbocycles. The lowest BCUT2D eigenvalue weighted by atomic mass is 10.2. The quantitative estimate of drug-likeness (QED) is 0.480. The topological polar surface area (TPSA) is 80.9 Å². The van der Waals surface area contributed by atoms with E-state index in [4.69, 9.17) is 10.1 Å². The first-order valence-corrected chi connectivity index (χ1v) is 7.08. The number of amidine groups is 1. The zero-order valence-electron chi connectivity index (χ0n) is 12.6. The Kier molecular flexibility index (Phi) is 7.25. The van der Waals surface area contributed by atoms with Crippen LogP contribution in [0, 0.1) is 5.41 Å². The van der Waals surface area contributed by atoms with Crippen molar-refractivity contribution in [3.05, 3.63) is 11.8 Å². The Balaban J connectivity index is 2.72. The molecule has 0 aromatic heterocycles. The fraction of sp³-hybridized carbons (Fsp3) is 0.714. The monoisotopic (exact) mass is 282 g/mol. The highest BCUT2D eigenvalue weighted by Crippen LogP contribution is 2.07. The lowest BCUT2D eigenvalue weighted by Gasteiger charge is -2.22. The maximum absolute atomic E-state index is 9.47. The summed E-state index contributed by atoms with van der Waals surface area (Å²) in [6.07, 6.45) is 3.59. The van der Waals surface area contributed by atoms with Gasteiger partial charge < -0.3 is 20.1 Å². The van der Waals surface area contributed by atoms with E-state index in [0.29, 0.717) is 19.0 Å². The van der Waals surface area contributed by atoms with Crippen LogP contribution in [0.3, 0.4) is 0 Å². The molecule has 0 amide bonds. The van der Waals surface area contributed by atoms with Gasteiger partial charge in [-0.25, -0.2) is 4.99 Å². The fourth-order valence-corrected chi connectivity index (χ4v) is 2.11. The minimum absolute atomic E-state index is 0.254. The van der Waals surface area contributed by atoms with Crippen molar-refractivity contribution in [2.45, 2.75) is 39.3 Å².